The Labute approximate surface area is 69.7 Å². The Morgan fingerprint density at radius 1 is 2.00 bits per heavy atom. The maximum Gasteiger partial charge on any atom is 0.243 e. The van der Waals surface area contributed by atoms with E-state index in [9.17, 15) is 4.79 Å². The van der Waals surface area contributed by atoms with Crippen LogP contribution in [0, 0.1) is 5.89 Å². The second-order valence-corrected chi connectivity index (χ2v) is 2.77. The first-order chi connectivity index (χ1) is 5.99. The fraction of sp³-hybridized carbons (Fsp3) is 0.750. The van der Waals surface area contributed by atoms with Gasteiger partial charge < -0.3 is 0 Å². The van der Waals surface area contributed by atoms with E-state index in [1.54, 1.807) is 6.92 Å². The van der Waals surface area contributed by atoms with E-state index in [1.165, 1.54) is 0 Å². The molecule has 0 bridgehead atoms. The Balaban J connectivity index is 2.88. The van der Waals surface area contributed by atoms with Crippen LogP contribution in [0.15, 0.2) is 5.10 Å². The van der Waals surface area contributed by atoms with Crippen molar-refractivity contribution < 1.29 is 7.58 Å². The van der Waals surface area contributed by atoms with E-state index >= 15 is 0 Å². The van der Waals surface area contributed by atoms with Crippen molar-refractivity contribution in [3.63, 3.8) is 0 Å². The Hall–Kier alpha value is -0.860. The smallest absolute Gasteiger partial charge is 0.243 e. The molecule has 0 saturated carbocycles. The van der Waals surface area contributed by atoms with Gasteiger partial charge in [0.2, 0.25) is 5.91 Å². The standard InChI is InChI=1S/C8H14N2O/c1-3-4-7-5-6(2)9-10-8(7)11/h7H,3-5H2,1-2H3,(H,10,11)/i7D/hD. The van der Waals surface area contributed by atoms with Crippen molar-refractivity contribution in [1.29, 1.82) is 0 Å². The molecule has 3 heteroatoms. The summed E-state index contributed by atoms with van der Waals surface area (Å²) in [5.41, 5.74) is 1.22. The number of carbonyl (C=O) groups excluding carboxylic acids is 1. The van der Waals surface area contributed by atoms with Gasteiger partial charge in [0.15, 0.2) is 1.41 Å². The fourth-order valence-electron chi connectivity index (χ4n) is 1.12. The van der Waals surface area contributed by atoms with E-state index in [1.807, 2.05) is 6.92 Å². The molecule has 1 rings (SSSR count). The SMILES string of the molecule is [2H]N1N=C(C)CC([2H])(CCC)C1=O. The molecule has 1 N–H and O–H groups in total. The zero-order valence-electron chi connectivity index (χ0n) is 8.92. The number of carbonyl (C=O) groups is 1. The van der Waals surface area contributed by atoms with Crippen LogP contribution in [-0.2, 0) is 4.79 Å². The van der Waals surface area contributed by atoms with E-state index in [-0.39, 0.29) is 0 Å². The summed E-state index contributed by atoms with van der Waals surface area (Å²) in [7, 11) is 0. The first kappa shape index (κ1) is 5.75. The molecule has 11 heavy (non-hydrogen) atoms. The van der Waals surface area contributed by atoms with Crippen molar-refractivity contribution in [2.24, 2.45) is 11.0 Å². The third kappa shape index (κ3) is 2.03. The summed E-state index contributed by atoms with van der Waals surface area (Å²) in [6.07, 6.45) is 1.62. The second-order valence-electron chi connectivity index (χ2n) is 2.77. The molecule has 0 aromatic heterocycles. The molecule has 0 aromatic carbocycles. The molecule has 1 aliphatic rings. The highest BCUT2D eigenvalue weighted by Crippen LogP contribution is 2.14. The minimum absolute atomic E-state index is 0.356. The van der Waals surface area contributed by atoms with Crippen LogP contribution < -0.4 is 5.42 Å². The molecule has 1 unspecified atom stereocenters. The van der Waals surface area contributed by atoms with Crippen LogP contribution in [0.5, 0.6) is 0 Å². The van der Waals surface area contributed by atoms with Crippen molar-refractivity contribution in [1.82, 2.24) is 5.42 Å². The van der Waals surface area contributed by atoms with Gasteiger partial charge in [-0.3, -0.25) is 4.79 Å². The first-order valence-corrected chi connectivity index (χ1v) is 3.87. The molecule has 1 atom stereocenters. The number of hydrogen-bond acceptors (Lipinski definition) is 2. The van der Waals surface area contributed by atoms with Crippen LogP contribution in [-0.4, -0.2) is 11.6 Å². The third-order valence-electron chi connectivity index (χ3n) is 1.63. The normalized spacial score (nSPS) is 34.5. The van der Waals surface area contributed by atoms with Crippen molar-refractivity contribution in [2.75, 3.05) is 0 Å². The molecular weight excluding hydrogens is 140 g/mol. The molecule has 1 aliphatic heterocycles. The molecule has 0 radical (unpaired) electrons. The van der Waals surface area contributed by atoms with Crippen molar-refractivity contribution in [3.05, 3.63) is 0 Å². The number of nitrogens with zero attached hydrogens (tertiary/aromatic N) is 1. The molecule has 1 amide bonds. The van der Waals surface area contributed by atoms with Crippen LogP contribution >= 0.6 is 0 Å². The van der Waals surface area contributed by atoms with Gasteiger partial charge in [-0.2, -0.15) is 5.10 Å². The van der Waals surface area contributed by atoms with Gasteiger partial charge in [-0.15, -0.1) is 0 Å². The van der Waals surface area contributed by atoms with E-state index < -0.39 is 11.8 Å². The van der Waals surface area contributed by atoms with Gasteiger partial charge in [0.25, 0.3) is 0 Å². The first-order valence-electron chi connectivity index (χ1n) is 4.82. The molecular formula is C8H14N2O. The second kappa shape index (κ2) is 3.51. The molecule has 1 heterocycles. The average molecular weight is 156 g/mol. The number of hydrazone groups is 1. The lowest BCUT2D eigenvalue weighted by molar-refractivity contribution is -0.125. The predicted molar refractivity (Wildman–Crippen MR) is 44.3 cm³/mol. The van der Waals surface area contributed by atoms with Crippen LogP contribution in [0.3, 0.4) is 0 Å². The highest BCUT2D eigenvalue weighted by atomic mass is 16.2. The van der Waals surface area contributed by atoms with Crippen molar-refractivity contribution in [2.45, 2.75) is 33.1 Å². The maximum absolute atomic E-state index is 11.4. The van der Waals surface area contributed by atoms with Crippen LogP contribution in [0.1, 0.15) is 34.5 Å². The number of hydrogen-bond donors (Lipinski definition) is 1. The van der Waals surface area contributed by atoms with Gasteiger partial charge in [0.1, 0.15) is 0 Å². The Morgan fingerprint density at radius 2 is 2.73 bits per heavy atom. The average Bonchev–Trinajstić information content (AvgIpc) is 2.00. The summed E-state index contributed by atoms with van der Waals surface area (Å²) in [6, 6.07) is 0. The Kier molecular flexibility index (Phi) is 1.83. The predicted octanol–water partition coefficient (Wildman–Crippen LogP) is 1.30. The van der Waals surface area contributed by atoms with Gasteiger partial charge >= 0.3 is 0 Å². The topological polar surface area (TPSA) is 41.5 Å². The summed E-state index contributed by atoms with van der Waals surface area (Å²) in [5.74, 6) is -1.66. The molecule has 0 aromatic rings. The Bertz CT molecular complexity index is 255. The van der Waals surface area contributed by atoms with E-state index in [4.69, 9.17) is 2.78 Å². The molecule has 0 saturated heterocycles. The van der Waals surface area contributed by atoms with Crippen molar-refractivity contribution >= 4 is 11.6 Å². The van der Waals surface area contributed by atoms with E-state index in [0.717, 1.165) is 6.42 Å². The highest BCUT2D eigenvalue weighted by Gasteiger charge is 2.21. The molecule has 0 fully saturated rings. The fourth-order valence-corrected chi connectivity index (χ4v) is 1.12. The molecule has 0 aliphatic carbocycles. The summed E-state index contributed by atoms with van der Waals surface area (Å²) in [6.45, 7) is 3.67. The molecule has 62 valence electrons. The van der Waals surface area contributed by atoms with Crippen molar-refractivity contribution in [3.8, 4) is 0 Å². The van der Waals surface area contributed by atoms with Crippen LogP contribution in [0.25, 0.3) is 0 Å². The van der Waals surface area contributed by atoms with E-state index in [2.05, 4.69) is 5.10 Å². The minimum Gasteiger partial charge on any atom is -0.273 e. The minimum atomic E-state index is -1.15. The third-order valence-corrected chi connectivity index (χ3v) is 1.63. The lowest BCUT2D eigenvalue weighted by Crippen LogP contribution is -2.33. The van der Waals surface area contributed by atoms with Gasteiger partial charge in [-0.1, -0.05) is 13.3 Å². The largest absolute Gasteiger partial charge is 0.273 e. The lowest BCUT2D eigenvalue weighted by atomic mass is 9.96. The number of nitrogens with one attached hydrogen (secondary N) is 1. The summed E-state index contributed by atoms with van der Waals surface area (Å²) in [4.78, 5) is 11.4. The number of rotatable bonds is 2. The molecule has 0 spiro atoms. The Morgan fingerprint density at radius 3 is 3.36 bits per heavy atom. The van der Waals surface area contributed by atoms with Gasteiger partial charge in [0.05, 0.1) is 0 Å². The van der Waals surface area contributed by atoms with E-state index in [0.29, 0.717) is 24.0 Å². The number of amides is 1. The van der Waals surface area contributed by atoms with Gasteiger partial charge in [0, 0.05) is 13.0 Å². The zero-order valence-corrected chi connectivity index (χ0v) is 6.92. The zero-order chi connectivity index (χ0) is 10.1. The van der Waals surface area contributed by atoms with Crippen LogP contribution in [0.2, 0.25) is 1.41 Å². The van der Waals surface area contributed by atoms with Gasteiger partial charge in [-0.25, -0.2) is 5.42 Å². The molecule has 3 nitrogen and oxygen atoms in total. The van der Waals surface area contributed by atoms with Crippen LogP contribution in [0.4, 0.5) is 0 Å². The summed E-state index contributed by atoms with van der Waals surface area (Å²) >= 11 is 0. The summed E-state index contributed by atoms with van der Waals surface area (Å²) in [5, 5.41) is 3.69. The van der Waals surface area contributed by atoms with Gasteiger partial charge in [-0.05, 0) is 19.8 Å². The highest BCUT2D eigenvalue weighted by molar-refractivity contribution is 5.92. The maximum atomic E-state index is 11.4. The quantitative estimate of drug-likeness (QED) is 0.643. The monoisotopic (exact) mass is 156 g/mol. The summed E-state index contributed by atoms with van der Waals surface area (Å²) < 4.78 is 15.1. The lowest BCUT2D eigenvalue weighted by Gasteiger charge is -2.18.